The highest BCUT2D eigenvalue weighted by Crippen LogP contribution is 2.29. The van der Waals surface area contributed by atoms with Gasteiger partial charge >= 0.3 is 0 Å². The molecule has 1 saturated heterocycles. The minimum atomic E-state index is -0.289. The van der Waals surface area contributed by atoms with E-state index >= 15 is 0 Å². The highest BCUT2D eigenvalue weighted by molar-refractivity contribution is 6.43. The molecule has 0 bridgehead atoms. The number of rotatable bonds is 5. The Hall–Kier alpha value is -2.31. The van der Waals surface area contributed by atoms with E-state index in [1.54, 1.807) is 35.2 Å². The maximum Gasteiger partial charge on any atom is 0.224 e. The lowest BCUT2D eigenvalue weighted by Gasteiger charge is -2.36. The quantitative estimate of drug-likeness (QED) is 0.783. The van der Waals surface area contributed by atoms with E-state index in [-0.39, 0.29) is 35.5 Å². The fraction of sp³-hybridized carbons (Fsp3) is 0.300. The summed E-state index contributed by atoms with van der Waals surface area (Å²) < 4.78 is 13.0. The summed E-state index contributed by atoms with van der Waals surface area (Å²) in [5, 5.41) is 3.31. The molecule has 0 unspecified atom stereocenters. The van der Waals surface area contributed by atoms with Gasteiger partial charge < -0.3 is 15.1 Å². The fourth-order valence-corrected chi connectivity index (χ4v) is 3.41. The van der Waals surface area contributed by atoms with Crippen LogP contribution in [0.2, 0.25) is 10.0 Å². The molecule has 1 aliphatic rings. The second-order valence-electron chi connectivity index (χ2n) is 6.49. The van der Waals surface area contributed by atoms with E-state index in [4.69, 9.17) is 23.2 Å². The molecule has 2 aromatic rings. The molecule has 2 amide bonds. The molecule has 1 aliphatic heterocycles. The van der Waals surface area contributed by atoms with E-state index in [1.807, 2.05) is 0 Å². The summed E-state index contributed by atoms with van der Waals surface area (Å²) in [4.78, 5) is 28.4. The molecule has 0 radical (unpaired) electrons. The molecule has 0 atom stereocenters. The van der Waals surface area contributed by atoms with E-state index in [9.17, 15) is 14.0 Å². The van der Waals surface area contributed by atoms with Crippen LogP contribution in [0.25, 0.3) is 0 Å². The summed E-state index contributed by atoms with van der Waals surface area (Å²) in [5.74, 6) is -0.622. The monoisotopic (exact) mass is 423 g/mol. The zero-order valence-corrected chi connectivity index (χ0v) is 16.6. The molecule has 0 aliphatic carbocycles. The van der Waals surface area contributed by atoms with Crippen LogP contribution in [0, 0.1) is 5.82 Å². The Morgan fingerprint density at radius 3 is 2.32 bits per heavy atom. The third kappa shape index (κ3) is 5.14. The van der Waals surface area contributed by atoms with Gasteiger partial charge in [0.25, 0.3) is 0 Å². The average Bonchev–Trinajstić information content (AvgIpc) is 2.70. The number of nitrogens with one attached hydrogen (secondary N) is 1. The van der Waals surface area contributed by atoms with Crippen molar-refractivity contribution in [3.63, 3.8) is 0 Å². The van der Waals surface area contributed by atoms with Crippen LogP contribution in [0.1, 0.15) is 12.8 Å². The predicted molar refractivity (Wildman–Crippen MR) is 110 cm³/mol. The Kier molecular flexibility index (Phi) is 6.75. The largest absolute Gasteiger partial charge is 0.368 e. The number of hydrogen-bond donors (Lipinski definition) is 1. The first-order valence-corrected chi connectivity index (χ1v) is 9.72. The van der Waals surface area contributed by atoms with Crippen LogP contribution in [0.15, 0.2) is 42.5 Å². The highest BCUT2D eigenvalue weighted by Gasteiger charge is 2.22. The van der Waals surface area contributed by atoms with Gasteiger partial charge in [0.2, 0.25) is 11.8 Å². The molecule has 1 fully saturated rings. The van der Waals surface area contributed by atoms with Crippen LogP contribution in [0.4, 0.5) is 15.8 Å². The second-order valence-corrected chi connectivity index (χ2v) is 7.28. The zero-order valence-electron chi connectivity index (χ0n) is 15.1. The number of hydrogen-bond acceptors (Lipinski definition) is 3. The second kappa shape index (κ2) is 9.26. The first-order chi connectivity index (χ1) is 13.4. The minimum absolute atomic E-state index is 0.0638. The van der Waals surface area contributed by atoms with Gasteiger partial charge in [-0.25, -0.2) is 4.39 Å². The van der Waals surface area contributed by atoms with Crippen LogP contribution < -0.4 is 10.2 Å². The molecular weight excluding hydrogens is 404 g/mol. The zero-order chi connectivity index (χ0) is 20.1. The summed E-state index contributed by atoms with van der Waals surface area (Å²) in [6.45, 7) is 2.47. The summed E-state index contributed by atoms with van der Waals surface area (Å²) in [5.41, 5.74) is 1.37. The SMILES string of the molecule is O=C(CCC(=O)N1CCN(c2ccc(F)cc2)CC1)Nc1cccc(Cl)c1Cl. The molecule has 5 nitrogen and oxygen atoms in total. The molecule has 148 valence electrons. The van der Waals surface area contributed by atoms with Gasteiger partial charge in [-0.1, -0.05) is 29.3 Å². The fourth-order valence-electron chi connectivity index (χ4n) is 3.06. The number of amides is 2. The first kappa shape index (κ1) is 20.4. The topological polar surface area (TPSA) is 52.7 Å². The molecule has 1 heterocycles. The van der Waals surface area contributed by atoms with Crippen molar-refractivity contribution in [3.05, 3.63) is 58.3 Å². The molecule has 8 heteroatoms. The van der Waals surface area contributed by atoms with Gasteiger partial charge in [-0.2, -0.15) is 0 Å². The van der Waals surface area contributed by atoms with Crippen LogP contribution in [-0.2, 0) is 9.59 Å². The van der Waals surface area contributed by atoms with Crippen molar-refractivity contribution in [2.24, 2.45) is 0 Å². The van der Waals surface area contributed by atoms with Crippen LogP contribution >= 0.6 is 23.2 Å². The van der Waals surface area contributed by atoms with E-state index in [0.29, 0.717) is 36.9 Å². The van der Waals surface area contributed by atoms with Crippen molar-refractivity contribution < 1.29 is 14.0 Å². The summed E-state index contributed by atoms with van der Waals surface area (Å²) in [7, 11) is 0. The number of piperazine rings is 1. The Labute approximate surface area is 173 Å². The van der Waals surface area contributed by atoms with Crippen molar-refractivity contribution in [2.75, 3.05) is 36.4 Å². The molecule has 0 aromatic heterocycles. The molecule has 3 rings (SSSR count). The van der Waals surface area contributed by atoms with Crippen molar-refractivity contribution >= 4 is 46.4 Å². The Morgan fingerprint density at radius 2 is 1.64 bits per heavy atom. The lowest BCUT2D eigenvalue weighted by molar-refractivity contribution is -0.133. The third-order valence-electron chi connectivity index (χ3n) is 4.62. The maximum atomic E-state index is 13.0. The molecule has 2 aromatic carbocycles. The van der Waals surface area contributed by atoms with Gasteiger partial charge in [0.05, 0.1) is 15.7 Å². The van der Waals surface area contributed by atoms with Crippen LogP contribution in [0.5, 0.6) is 0 Å². The molecule has 0 spiro atoms. The van der Waals surface area contributed by atoms with Gasteiger partial charge in [-0.15, -0.1) is 0 Å². The van der Waals surface area contributed by atoms with Crippen molar-refractivity contribution in [1.82, 2.24) is 4.90 Å². The number of benzene rings is 2. The number of halogens is 3. The standard InChI is InChI=1S/C20H20Cl2FN3O2/c21-16-2-1-3-17(20(16)22)24-18(27)8-9-19(28)26-12-10-25(11-13-26)15-6-4-14(23)5-7-15/h1-7H,8-13H2,(H,24,27). The minimum Gasteiger partial charge on any atom is -0.368 e. The van der Waals surface area contributed by atoms with Gasteiger partial charge in [-0.3, -0.25) is 9.59 Å². The Balaban J connectivity index is 1.45. The lowest BCUT2D eigenvalue weighted by atomic mass is 10.2. The van der Waals surface area contributed by atoms with Crippen LogP contribution in [-0.4, -0.2) is 42.9 Å². The highest BCUT2D eigenvalue weighted by atomic mass is 35.5. The number of carbonyl (C=O) groups is 2. The summed E-state index contributed by atoms with van der Waals surface area (Å²) in [6, 6.07) is 11.3. The number of carbonyl (C=O) groups excluding carboxylic acids is 2. The Morgan fingerprint density at radius 1 is 0.964 bits per heavy atom. The third-order valence-corrected chi connectivity index (χ3v) is 5.43. The molecule has 1 N–H and O–H groups in total. The van der Waals surface area contributed by atoms with E-state index < -0.39 is 0 Å². The average molecular weight is 424 g/mol. The first-order valence-electron chi connectivity index (χ1n) is 8.96. The number of nitrogens with zero attached hydrogens (tertiary/aromatic N) is 2. The smallest absolute Gasteiger partial charge is 0.224 e. The number of anilines is 2. The van der Waals surface area contributed by atoms with Gasteiger partial charge in [0, 0.05) is 44.7 Å². The van der Waals surface area contributed by atoms with E-state index in [1.165, 1.54) is 12.1 Å². The van der Waals surface area contributed by atoms with Crippen molar-refractivity contribution in [1.29, 1.82) is 0 Å². The van der Waals surface area contributed by atoms with Gasteiger partial charge in [0.1, 0.15) is 5.82 Å². The van der Waals surface area contributed by atoms with Crippen molar-refractivity contribution in [3.8, 4) is 0 Å². The van der Waals surface area contributed by atoms with E-state index in [0.717, 1.165) is 5.69 Å². The van der Waals surface area contributed by atoms with Gasteiger partial charge in [-0.05, 0) is 36.4 Å². The normalized spacial score (nSPS) is 14.1. The van der Waals surface area contributed by atoms with E-state index in [2.05, 4.69) is 10.2 Å². The van der Waals surface area contributed by atoms with Crippen molar-refractivity contribution in [2.45, 2.75) is 12.8 Å². The molecular formula is C20H20Cl2FN3O2. The van der Waals surface area contributed by atoms with Crippen LogP contribution in [0.3, 0.4) is 0 Å². The predicted octanol–water partition coefficient (Wildman–Crippen LogP) is 4.20. The molecule has 28 heavy (non-hydrogen) atoms. The summed E-state index contributed by atoms with van der Waals surface area (Å²) in [6.07, 6.45) is 0.195. The maximum absolute atomic E-state index is 13.0. The summed E-state index contributed by atoms with van der Waals surface area (Å²) >= 11 is 12.0. The molecule has 0 saturated carbocycles. The van der Waals surface area contributed by atoms with Gasteiger partial charge in [0.15, 0.2) is 0 Å². The lowest BCUT2D eigenvalue weighted by Crippen LogP contribution is -2.48. The Bertz CT molecular complexity index is 853.